The van der Waals surface area contributed by atoms with E-state index in [4.69, 9.17) is 9.47 Å². The van der Waals surface area contributed by atoms with Gasteiger partial charge in [-0.05, 0) is 70.4 Å². The highest BCUT2D eigenvalue weighted by Gasteiger charge is 2.42. The molecule has 1 amide bonds. The van der Waals surface area contributed by atoms with Gasteiger partial charge in [0.25, 0.3) is 0 Å². The predicted octanol–water partition coefficient (Wildman–Crippen LogP) is 5.55. The van der Waals surface area contributed by atoms with E-state index in [9.17, 15) is 9.90 Å². The molecule has 0 bridgehead atoms. The van der Waals surface area contributed by atoms with Gasteiger partial charge in [-0.15, -0.1) is 11.3 Å². The number of carbonyl (C=O) groups is 1. The van der Waals surface area contributed by atoms with Crippen LogP contribution in [0.1, 0.15) is 57.8 Å². The zero-order chi connectivity index (χ0) is 21.8. The van der Waals surface area contributed by atoms with E-state index in [1.807, 2.05) is 32.9 Å². The number of ether oxygens (including phenoxy) is 2. The first-order valence-corrected chi connectivity index (χ1v) is 11.7. The van der Waals surface area contributed by atoms with Crippen molar-refractivity contribution in [2.45, 2.75) is 64.1 Å². The second-order valence-corrected chi connectivity index (χ2v) is 10.4. The number of fused-ring (bicyclic) bond motifs is 1. The van der Waals surface area contributed by atoms with Crippen molar-refractivity contribution in [3.63, 3.8) is 0 Å². The van der Waals surface area contributed by atoms with Crippen LogP contribution in [0.5, 0.6) is 0 Å². The Morgan fingerprint density at radius 3 is 2.73 bits per heavy atom. The normalized spacial score (nSPS) is 19.6. The van der Waals surface area contributed by atoms with Crippen molar-refractivity contribution in [3.8, 4) is 0 Å². The number of hydrogen-bond acceptors (Lipinski definition) is 5. The summed E-state index contributed by atoms with van der Waals surface area (Å²) in [4.78, 5) is 15.4. The summed E-state index contributed by atoms with van der Waals surface area (Å²) >= 11 is 1.67. The zero-order valence-corrected chi connectivity index (χ0v) is 19.5. The van der Waals surface area contributed by atoms with Crippen LogP contribution in [0.3, 0.4) is 0 Å². The van der Waals surface area contributed by atoms with E-state index in [-0.39, 0.29) is 12.0 Å². The molecule has 30 heavy (non-hydrogen) atoms. The Bertz CT molecular complexity index is 810. The quantitative estimate of drug-likeness (QED) is 0.581. The lowest BCUT2D eigenvalue weighted by Crippen LogP contribution is -2.49. The maximum absolute atomic E-state index is 12.7. The average molecular weight is 434 g/mol. The van der Waals surface area contributed by atoms with Crippen molar-refractivity contribution < 1.29 is 19.4 Å². The van der Waals surface area contributed by atoms with Crippen LogP contribution < -0.4 is 0 Å². The summed E-state index contributed by atoms with van der Waals surface area (Å²) < 4.78 is 12.0. The minimum Gasteiger partial charge on any atom is -0.444 e. The lowest BCUT2D eigenvalue weighted by molar-refractivity contribution is -0.0617. The Morgan fingerprint density at radius 1 is 1.27 bits per heavy atom. The van der Waals surface area contributed by atoms with Crippen LogP contribution in [0.25, 0.3) is 10.1 Å². The standard InChI is InChI=1S/C24H35NO4S/c1-23(2,3)29-22(26)25-14-9-11-19(17-25)24(27,13-7-8-15-28-4)21-16-18-10-5-6-12-20(18)30-21/h5-6,10,12,16,19,27H,7-9,11,13-15,17H2,1-4H3/t19-,24+/m1/s1. The van der Waals surface area contributed by atoms with Crippen molar-refractivity contribution in [1.82, 2.24) is 4.90 Å². The molecule has 0 saturated carbocycles. The Balaban J connectivity index is 1.84. The molecule has 0 unspecified atom stereocenters. The summed E-state index contributed by atoms with van der Waals surface area (Å²) in [5.74, 6) is -0.0191. The fourth-order valence-corrected chi connectivity index (χ4v) is 5.48. The molecule has 1 aliphatic heterocycles. The highest BCUT2D eigenvalue weighted by Crippen LogP contribution is 2.44. The number of unbranched alkanes of at least 4 members (excludes halogenated alkanes) is 1. The third-order valence-corrected chi connectivity index (χ3v) is 7.04. The van der Waals surface area contributed by atoms with Crippen molar-refractivity contribution in [3.05, 3.63) is 35.2 Å². The van der Waals surface area contributed by atoms with Crippen LogP contribution in [0, 0.1) is 5.92 Å². The Labute approximate surface area is 184 Å². The van der Waals surface area contributed by atoms with E-state index in [1.54, 1.807) is 23.3 Å². The van der Waals surface area contributed by atoms with E-state index in [0.717, 1.165) is 35.9 Å². The van der Waals surface area contributed by atoms with Gasteiger partial charge >= 0.3 is 6.09 Å². The van der Waals surface area contributed by atoms with E-state index in [0.29, 0.717) is 26.1 Å². The van der Waals surface area contributed by atoms with Crippen molar-refractivity contribution in [2.24, 2.45) is 5.92 Å². The minimum absolute atomic E-state index is 0.0191. The third kappa shape index (κ3) is 5.54. The fourth-order valence-electron chi connectivity index (χ4n) is 4.22. The predicted molar refractivity (Wildman–Crippen MR) is 122 cm³/mol. The summed E-state index contributed by atoms with van der Waals surface area (Å²) in [6.07, 6.45) is 3.93. The van der Waals surface area contributed by atoms with Crippen LogP contribution >= 0.6 is 11.3 Å². The summed E-state index contributed by atoms with van der Waals surface area (Å²) in [7, 11) is 1.71. The molecular formula is C24H35NO4S. The first-order valence-electron chi connectivity index (χ1n) is 10.9. The number of hydrogen-bond donors (Lipinski definition) is 1. The van der Waals surface area contributed by atoms with Gasteiger partial charge in [-0.3, -0.25) is 0 Å². The molecule has 2 aromatic rings. The monoisotopic (exact) mass is 433 g/mol. The number of piperidine rings is 1. The van der Waals surface area contributed by atoms with Crippen LogP contribution in [-0.2, 0) is 15.1 Å². The van der Waals surface area contributed by atoms with Gasteiger partial charge in [0.2, 0.25) is 0 Å². The number of likely N-dealkylation sites (tertiary alicyclic amines) is 1. The minimum atomic E-state index is -0.960. The molecule has 6 heteroatoms. The van der Waals surface area contributed by atoms with Gasteiger partial charge in [0.05, 0.1) is 0 Å². The summed E-state index contributed by atoms with van der Waals surface area (Å²) in [6, 6.07) is 10.4. The molecular weight excluding hydrogens is 398 g/mol. The molecule has 0 aliphatic carbocycles. The maximum atomic E-state index is 12.7. The molecule has 166 valence electrons. The van der Waals surface area contributed by atoms with Crippen molar-refractivity contribution in [2.75, 3.05) is 26.8 Å². The third-order valence-electron chi connectivity index (χ3n) is 5.76. The average Bonchev–Trinajstić information content (AvgIpc) is 3.15. The largest absolute Gasteiger partial charge is 0.444 e. The molecule has 5 nitrogen and oxygen atoms in total. The molecule has 2 atom stereocenters. The number of carbonyl (C=O) groups excluding carboxylic acids is 1. The van der Waals surface area contributed by atoms with E-state index in [1.165, 1.54) is 4.70 Å². The first-order chi connectivity index (χ1) is 14.2. The van der Waals surface area contributed by atoms with E-state index >= 15 is 0 Å². The Kier molecular flexibility index (Phi) is 7.43. The topological polar surface area (TPSA) is 59.0 Å². The second kappa shape index (κ2) is 9.67. The van der Waals surface area contributed by atoms with Crippen molar-refractivity contribution >= 4 is 27.5 Å². The van der Waals surface area contributed by atoms with Gasteiger partial charge in [0.1, 0.15) is 11.2 Å². The molecule has 1 N–H and O–H groups in total. The van der Waals surface area contributed by atoms with Gasteiger partial charge in [-0.1, -0.05) is 18.2 Å². The van der Waals surface area contributed by atoms with Crippen molar-refractivity contribution in [1.29, 1.82) is 0 Å². The highest BCUT2D eigenvalue weighted by molar-refractivity contribution is 7.19. The van der Waals surface area contributed by atoms with Crippen LogP contribution in [0.4, 0.5) is 4.79 Å². The smallest absolute Gasteiger partial charge is 0.410 e. The summed E-state index contributed by atoms with van der Waals surface area (Å²) in [5, 5.41) is 13.2. The molecule has 0 radical (unpaired) electrons. The fraction of sp³-hybridized carbons (Fsp3) is 0.625. The Morgan fingerprint density at radius 2 is 2.03 bits per heavy atom. The van der Waals surface area contributed by atoms with Gasteiger partial charge in [0, 0.05) is 42.3 Å². The van der Waals surface area contributed by atoms with E-state index in [2.05, 4.69) is 18.2 Å². The number of nitrogens with zero attached hydrogens (tertiary/aromatic N) is 1. The highest BCUT2D eigenvalue weighted by atomic mass is 32.1. The number of thiophene rings is 1. The SMILES string of the molecule is COCCCC[C@@](O)(c1cc2ccccc2s1)[C@@H]1CCCN(C(=O)OC(C)(C)C)C1. The molecule has 1 fully saturated rings. The maximum Gasteiger partial charge on any atom is 0.410 e. The zero-order valence-electron chi connectivity index (χ0n) is 18.6. The Hall–Kier alpha value is -1.63. The molecule has 1 aliphatic rings. The number of rotatable bonds is 7. The lowest BCUT2D eigenvalue weighted by Gasteiger charge is -2.42. The van der Waals surface area contributed by atoms with E-state index < -0.39 is 11.2 Å². The van der Waals surface area contributed by atoms with Gasteiger partial charge < -0.3 is 19.5 Å². The summed E-state index contributed by atoms with van der Waals surface area (Å²) in [6.45, 7) is 7.54. The number of methoxy groups -OCH3 is 1. The van der Waals surface area contributed by atoms with Gasteiger partial charge in [-0.2, -0.15) is 0 Å². The van der Waals surface area contributed by atoms with Crippen LogP contribution in [0.2, 0.25) is 0 Å². The molecule has 1 saturated heterocycles. The number of aliphatic hydroxyl groups is 1. The van der Waals surface area contributed by atoms with Gasteiger partial charge in [0.15, 0.2) is 0 Å². The molecule has 1 aromatic carbocycles. The molecule has 0 spiro atoms. The number of benzene rings is 1. The van der Waals surface area contributed by atoms with Crippen LogP contribution in [0.15, 0.2) is 30.3 Å². The molecule has 1 aromatic heterocycles. The lowest BCUT2D eigenvalue weighted by atomic mass is 9.77. The summed E-state index contributed by atoms with van der Waals surface area (Å²) in [5.41, 5.74) is -1.48. The second-order valence-electron chi connectivity index (χ2n) is 9.29. The molecule has 3 rings (SSSR count). The van der Waals surface area contributed by atoms with Gasteiger partial charge in [-0.25, -0.2) is 4.79 Å². The first kappa shape index (κ1) is 23.0. The van der Waals surface area contributed by atoms with Crippen LogP contribution in [-0.4, -0.2) is 48.5 Å². The number of amides is 1. The molecule has 2 heterocycles.